The highest BCUT2D eigenvalue weighted by Gasteiger charge is 2.08. The van der Waals surface area contributed by atoms with Gasteiger partial charge < -0.3 is 14.8 Å². The van der Waals surface area contributed by atoms with E-state index in [0.717, 1.165) is 30.3 Å². The first kappa shape index (κ1) is 20.2. The molecule has 0 spiro atoms. The number of nitrogens with one attached hydrogen (secondary N) is 1. The molecule has 0 bridgehead atoms. The summed E-state index contributed by atoms with van der Waals surface area (Å²) in [6.45, 7) is 6.72. The van der Waals surface area contributed by atoms with E-state index in [1.165, 1.54) is 16.8 Å². The molecule has 0 unspecified atom stereocenters. The quantitative estimate of drug-likeness (QED) is 0.540. The molecule has 0 radical (unpaired) electrons. The summed E-state index contributed by atoms with van der Waals surface area (Å²) in [5, 5.41) is 8.63. The molecule has 1 heterocycles. The number of aromatic nitrogens is 2. The van der Waals surface area contributed by atoms with E-state index in [1.807, 2.05) is 42.9 Å². The number of hydrogen-bond acceptors (Lipinski definition) is 4. The summed E-state index contributed by atoms with van der Waals surface area (Å²) in [5.41, 5.74) is 4.76. The van der Waals surface area contributed by atoms with Crippen molar-refractivity contribution in [1.29, 1.82) is 0 Å². The molecule has 0 fully saturated rings. The van der Waals surface area contributed by atoms with Crippen molar-refractivity contribution >= 4 is 11.6 Å². The Hall–Kier alpha value is -2.50. The minimum atomic E-state index is 0.481. The molecule has 28 heavy (non-hydrogen) atoms. The Balaban J connectivity index is 1.39. The zero-order valence-corrected chi connectivity index (χ0v) is 17.3. The zero-order chi connectivity index (χ0) is 19.9. The van der Waals surface area contributed by atoms with E-state index < -0.39 is 0 Å². The topological polar surface area (TPSA) is 48.3 Å². The third-order valence-corrected chi connectivity index (χ3v) is 4.90. The highest BCUT2D eigenvalue weighted by atomic mass is 35.5. The normalized spacial score (nSPS) is 10.9. The first-order valence-electron chi connectivity index (χ1n) is 9.33. The fourth-order valence-corrected chi connectivity index (χ4v) is 3.08. The number of halogens is 1. The van der Waals surface area contributed by atoms with Crippen molar-refractivity contribution in [1.82, 2.24) is 15.1 Å². The molecule has 5 nitrogen and oxygen atoms in total. The largest absolute Gasteiger partial charge is 0.490 e. The van der Waals surface area contributed by atoms with Gasteiger partial charge in [0, 0.05) is 36.4 Å². The van der Waals surface area contributed by atoms with Crippen LogP contribution in [0.15, 0.2) is 48.5 Å². The Morgan fingerprint density at radius 2 is 1.46 bits per heavy atom. The van der Waals surface area contributed by atoms with Gasteiger partial charge in [0.25, 0.3) is 0 Å². The number of ether oxygens (including phenoxy) is 2. The summed E-state index contributed by atoms with van der Waals surface area (Å²) >= 11 is 5.85. The van der Waals surface area contributed by atoms with Gasteiger partial charge in [-0.1, -0.05) is 23.7 Å². The second kappa shape index (κ2) is 9.62. The van der Waals surface area contributed by atoms with Crippen LogP contribution in [0.2, 0.25) is 5.02 Å². The molecule has 0 aliphatic heterocycles. The second-order valence-corrected chi connectivity index (χ2v) is 7.11. The Labute approximate surface area is 171 Å². The maximum Gasteiger partial charge on any atom is 0.122 e. The summed E-state index contributed by atoms with van der Waals surface area (Å²) < 4.78 is 13.3. The molecule has 1 aromatic heterocycles. The summed E-state index contributed by atoms with van der Waals surface area (Å²) in [5.74, 6) is 1.62. The SMILES string of the molecule is Cc1nn(C)c(C)c1CNCc1ccc(OCCOc2ccc(Cl)cc2)cc1. The van der Waals surface area contributed by atoms with Crippen molar-refractivity contribution in [3.8, 4) is 11.5 Å². The molecule has 3 aromatic rings. The number of nitrogens with zero attached hydrogens (tertiary/aromatic N) is 2. The summed E-state index contributed by atoms with van der Waals surface area (Å²) in [4.78, 5) is 0. The van der Waals surface area contributed by atoms with Crippen molar-refractivity contribution in [3.05, 3.63) is 76.1 Å². The molecule has 0 aliphatic rings. The molecular weight excluding hydrogens is 374 g/mol. The van der Waals surface area contributed by atoms with Crippen LogP contribution in [0.4, 0.5) is 0 Å². The maximum atomic E-state index is 5.85. The number of hydrogen-bond donors (Lipinski definition) is 1. The second-order valence-electron chi connectivity index (χ2n) is 6.67. The summed E-state index contributed by atoms with van der Waals surface area (Å²) in [6.07, 6.45) is 0. The molecule has 1 N–H and O–H groups in total. The lowest BCUT2D eigenvalue weighted by molar-refractivity contribution is 0.217. The lowest BCUT2D eigenvalue weighted by Gasteiger charge is -2.10. The molecular formula is C22H26ClN3O2. The Morgan fingerprint density at radius 3 is 2.00 bits per heavy atom. The first-order chi connectivity index (χ1) is 13.5. The number of benzene rings is 2. The van der Waals surface area contributed by atoms with Gasteiger partial charge in [-0.05, 0) is 55.8 Å². The summed E-state index contributed by atoms with van der Waals surface area (Å²) in [7, 11) is 1.98. The van der Waals surface area contributed by atoms with Crippen molar-refractivity contribution in [2.24, 2.45) is 7.05 Å². The van der Waals surface area contributed by atoms with Gasteiger partial charge in [-0.3, -0.25) is 4.68 Å². The molecule has 0 atom stereocenters. The number of rotatable bonds is 9. The van der Waals surface area contributed by atoms with Crippen molar-refractivity contribution in [2.75, 3.05) is 13.2 Å². The minimum Gasteiger partial charge on any atom is -0.490 e. The lowest BCUT2D eigenvalue weighted by Crippen LogP contribution is -2.14. The van der Waals surface area contributed by atoms with Crippen LogP contribution in [0.3, 0.4) is 0 Å². The van der Waals surface area contributed by atoms with Gasteiger partial charge in [0.15, 0.2) is 0 Å². The van der Waals surface area contributed by atoms with Gasteiger partial charge >= 0.3 is 0 Å². The predicted molar refractivity (Wildman–Crippen MR) is 112 cm³/mol. The van der Waals surface area contributed by atoms with Crippen LogP contribution in [-0.2, 0) is 20.1 Å². The van der Waals surface area contributed by atoms with Crippen LogP contribution in [0.5, 0.6) is 11.5 Å². The molecule has 3 rings (SSSR count). The van der Waals surface area contributed by atoms with Crippen LogP contribution in [0.25, 0.3) is 0 Å². The highest BCUT2D eigenvalue weighted by Crippen LogP contribution is 2.16. The molecule has 6 heteroatoms. The summed E-state index contributed by atoms with van der Waals surface area (Å²) in [6, 6.07) is 15.4. The standard InChI is InChI=1S/C22H26ClN3O2/c1-16-22(17(2)26(3)25-16)15-24-14-18-4-8-20(9-5-18)27-12-13-28-21-10-6-19(23)7-11-21/h4-11,24H,12-15H2,1-3H3. The molecule has 0 aliphatic carbocycles. The van der Waals surface area contributed by atoms with Gasteiger partial charge in [-0.15, -0.1) is 0 Å². The van der Waals surface area contributed by atoms with E-state index in [2.05, 4.69) is 29.5 Å². The van der Waals surface area contributed by atoms with Crippen molar-refractivity contribution in [2.45, 2.75) is 26.9 Å². The van der Waals surface area contributed by atoms with Gasteiger partial charge in [0.1, 0.15) is 24.7 Å². The average molecular weight is 400 g/mol. The van der Waals surface area contributed by atoms with Gasteiger partial charge in [-0.2, -0.15) is 5.10 Å². The van der Waals surface area contributed by atoms with E-state index in [4.69, 9.17) is 21.1 Å². The van der Waals surface area contributed by atoms with E-state index in [-0.39, 0.29) is 0 Å². The Morgan fingerprint density at radius 1 is 0.893 bits per heavy atom. The molecule has 2 aromatic carbocycles. The Bertz CT molecular complexity index is 889. The van der Waals surface area contributed by atoms with Crippen LogP contribution in [0, 0.1) is 13.8 Å². The van der Waals surface area contributed by atoms with Crippen LogP contribution < -0.4 is 14.8 Å². The molecule has 0 saturated heterocycles. The monoisotopic (exact) mass is 399 g/mol. The average Bonchev–Trinajstić information content (AvgIpc) is 2.94. The van der Waals surface area contributed by atoms with Crippen molar-refractivity contribution in [3.63, 3.8) is 0 Å². The van der Waals surface area contributed by atoms with Crippen molar-refractivity contribution < 1.29 is 9.47 Å². The Kier molecular flexibility index (Phi) is 6.95. The van der Waals surface area contributed by atoms with Crippen LogP contribution in [0.1, 0.15) is 22.5 Å². The maximum absolute atomic E-state index is 5.85. The third-order valence-electron chi connectivity index (χ3n) is 4.65. The third kappa shape index (κ3) is 5.50. The lowest BCUT2D eigenvalue weighted by atomic mass is 10.2. The molecule has 0 saturated carbocycles. The van der Waals surface area contributed by atoms with Gasteiger partial charge in [-0.25, -0.2) is 0 Å². The van der Waals surface area contributed by atoms with E-state index in [0.29, 0.717) is 18.2 Å². The van der Waals surface area contributed by atoms with E-state index in [9.17, 15) is 0 Å². The number of aryl methyl sites for hydroxylation is 2. The van der Waals surface area contributed by atoms with E-state index in [1.54, 1.807) is 12.1 Å². The fraction of sp³-hybridized carbons (Fsp3) is 0.318. The first-order valence-corrected chi connectivity index (χ1v) is 9.70. The minimum absolute atomic E-state index is 0.481. The van der Waals surface area contributed by atoms with Gasteiger partial charge in [0.05, 0.1) is 5.69 Å². The van der Waals surface area contributed by atoms with E-state index >= 15 is 0 Å². The molecule has 0 amide bonds. The molecule has 148 valence electrons. The highest BCUT2D eigenvalue weighted by molar-refractivity contribution is 6.30. The predicted octanol–water partition coefficient (Wildman–Crippen LogP) is 4.44. The van der Waals surface area contributed by atoms with Crippen LogP contribution in [-0.4, -0.2) is 23.0 Å². The van der Waals surface area contributed by atoms with Crippen LogP contribution >= 0.6 is 11.6 Å². The van der Waals surface area contributed by atoms with Gasteiger partial charge in [0.2, 0.25) is 0 Å². The fourth-order valence-electron chi connectivity index (χ4n) is 2.96. The smallest absolute Gasteiger partial charge is 0.122 e. The zero-order valence-electron chi connectivity index (χ0n) is 16.5.